The molecule has 0 bridgehead atoms. The number of ether oxygens (including phenoxy) is 1. The Labute approximate surface area is 172 Å². The predicted octanol–water partition coefficient (Wildman–Crippen LogP) is 7.67. The molecule has 4 atom stereocenters. The van der Waals surface area contributed by atoms with Crippen LogP contribution in [-0.2, 0) is 4.74 Å². The van der Waals surface area contributed by atoms with Gasteiger partial charge in [0.25, 0.3) is 0 Å². The molecule has 28 heavy (non-hydrogen) atoms. The molecule has 0 amide bonds. The van der Waals surface area contributed by atoms with Crippen LogP contribution in [0, 0.1) is 29.6 Å². The fraction of sp³-hybridized carbons (Fsp3) is 1.00. The fourth-order valence-electron chi connectivity index (χ4n) is 6.57. The molecule has 0 aromatic rings. The highest BCUT2D eigenvalue weighted by Gasteiger charge is 2.45. The molecule has 3 saturated carbocycles. The standard InChI is InChI=1S/C25H44F2O/c1-3-5-17-28-23-16-15-22(24(26)25(23)27)21-13-11-20(12-14-21)19-9-7-18(6-4-2)8-10-19/h18-25H,3-17H2,1-2H3. The Morgan fingerprint density at radius 1 is 0.679 bits per heavy atom. The molecule has 3 heteroatoms. The van der Waals surface area contributed by atoms with Crippen LogP contribution in [0.25, 0.3) is 0 Å². The molecule has 164 valence electrons. The third kappa shape index (κ3) is 5.70. The molecule has 0 radical (unpaired) electrons. The molecule has 0 aromatic heterocycles. The average Bonchev–Trinajstić information content (AvgIpc) is 2.72. The SMILES string of the molecule is CCCCOC1CCC(C2CCC(C3CCC(CCC)CC3)CC2)C(F)C1F. The van der Waals surface area contributed by atoms with Crippen molar-refractivity contribution in [3.05, 3.63) is 0 Å². The normalized spacial score (nSPS) is 42.4. The van der Waals surface area contributed by atoms with Crippen molar-refractivity contribution in [3.63, 3.8) is 0 Å². The van der Waals surface area contributed by atoms with Crippen LogP contribution in [0.3, 0.4) is 0 Å². The molecule has 0 aliphatic heterocycles. The summed E-state index contributed by atoms with van der Waals surface area (Å²) in [6, 6.07) is 0. The van der Waals surface area contributed by atoms with Crippen LogP contribution >= 0.6 is 0 Å². The Balaban J connectivity index is 1.41. The lowest BCUT2D eigenvalue weighted by Crippen LogP contribution is -2.46. The second-order valence-electron chi connectivity index (χ2n) is 10.1. The van der Waals surface area contributed by atoms with Gasteiger partial charge in [-0.25, -0.2) is 8.78 Å². The van der Waals surface area contributed by atoms with Gasteiger partial charge in [0.2, 0.25) is 0 Å². The summed E-state index contributed by atoms with van der Waals surface area (Å²) < 4.78 is 35.2. The molecule has 1 nitrogen and oxygen atoms in total. The maximum Gasteiger partial charge on any atom is 0.157 e. The minimum Gasteiger partial charge on any atom is -0.375 e. The van der Waals surface area contributed by atoms with E-state index in [1.807, 2.05) is 0 Å². The summed E-state index contributed by atoms with van der Waals surface area (Å²) in [5.74, 6) is 3.07. The van der Waals surface area contributed by atoms with E-state index in [2.05, 4.69) is 13.8 Å². The van der Waals surface area contributed by atoms with E-state index in [-0.39, 0.29) is 5.92 Å². The van der Waals surface area contributed by atoms with Crippen LogP contribution in [0.15, 0.2) is 0 Å². The minimum atomic E-state index is -1.41. The highest BCUT2D eigenvalue weighted by molar-refractivity contribution is 4.94. The van der Waals surface area contributed by atoms with Crippen molar-refractivity contribution in [1.82, 2.24) is 0 Å². The van der Waals surface area contributed by atoms with Crippen LogP contribution in [0.1, 0.15) is 104 Å². The topological polar surface area (TPSA) is 9.23 Å². The van der Waals surface area contributed by atoms with E-state index in [0.29, 0.717) is 18.9 Å². The Bertz CT molecular complexity index is 426. The molecular weight excluding hydrogens is 354 g/mol. The van der Waals surface area contributed by atoms with E-state index >= 15 is 0 Å². The Kier molecular flexibility index (Phi) is 9.06. The molecule has 3 fully saturated rings. The van der Waals surface area contributed by atoms with Gasteiger partial charge in [-0.05, 0) is 87.4 Å². The molecule has 3 rings (SSSR count). The lowest BCUT2D eigenvalue weighted by Gasteiger charge is -2.43. The van der Waals surface area contributed by atoms with E-state index < -0.39 is 18.4 Å². The lowest BCUT2D eigenvalue weighted by molar-refractivity contribution is -0.0885. The van der Waals surface area contributed by atoms with E-state index in [9.17, 15) is 8.78 Å². The summed E-state index contributed by atoms with van der Waals surface area (Å²) in [4.78, 5) is 0. The number of alkyl halides is 2. The highest BCUT2D eigenvalue weighted by atomic mass is 19.2. The molecule has 0 aromatic carbocycles. The zero-order valence-corrected chi connectivity index (χ0v) is 18.4. The Hall–Kier alpha value is -0.180. The van der Waals surface area contributed by atoms with Crippen molar-refractivity contribution in [2.24, 2.45) is 29.6 Å². The van der Waals surface area contributed by atoms with E-state index in [1.54, 1.807) is 0 Å². The Morgan fingerprint density at radius 2 is 1.29 bits per heavy atom. The number of halogens is 2. The number of rotatable bonds is 8. The minimum absolute atomic E-state index is 0.0673. The smallest absolute Gasteiger partial charge is 0.157 e. The van der Waals surface area contributed by atoms with Gasteiger partial charge in [0.15, 0.2) is 6.17 Å². The van der Waals surface area contributed by atoms with Gasteiger partial charge in [-0.1, -0.05) is 46.0 Å². The van der Waals surface area contributed by atoms with Gasteiger partial charge < -0.3 is 4.74 Å². The van der Waals surface area contributed by atoms with Gasteiger partial charge in [0.05, 0.1) is 6.10 Å². The predicted molar refractivity (Wildman–Crippen MR) is 113 cm³/mol. The van der Waals surface area contributed by atoms with E-state index in [4.69, 9.17) is 4.74 Å². The third-order valence-electron chi connectivity index (χ3n) is 8.36. The Morgan fingerprint density at radius 3 is 1.89 bits per heavy atom. The summed E-state index contributed by atoms with van der Waals surface area (Å²) >= 11 is 0. The molecule has 0 N–H and O–H groups in total. The van der Waals surface area contributed by atoms with Gasteiger partial charge in [-0.2, -0.15) is 0 Å². The molecule has 0 heterocycles. The van der Waals surface area contributed by atoms with E-state index in [0.717, 1.165) is 49.9 Å². The quantitative estimate of drug-likeness (QED) is 0.381. The monoisotopic (exact) mass is 398 g/mol. The van der Waals surface area contributed by atoms with Crippen LogP contribution < -0.4 is 0 Å². The van der Waals surface area contributed by atoms with Gasteiger partial charge in [-0.15, -0.1) is 0 Å². The van der Waals surface area contributed by atoms with Crippen LogP contribution in [0.4, 0.5) is 8.78 Å². The number of hydrogen-bond donors (Lipinski definition) is 0. The summed E-state index contributed by atoms with van der Waals surface area (Å²) in [5, 5.41) is 0. The number of hydrogen-bond acceptors (Lipinski definition) is 1. The van der Waals surface area contributed by atoms with Crippen molar-refractivity contribution >= 4 is 0 Å². The van der Waals surface area contributed by atoms with Gasteiger partial charge in [0, 0.05) is 6.61 Å². The summed E-state index contributed by atoms with van der Waals surface area (Å²) in [6.07, 6.45) is 13.4. The van der Waals surface area contributed by atoms with Gasteiger partial charge >= 0.3 is 0 Å². The first-order valence-electron chi connectivity index (χ1n) is 12.5. The van der Waals surface area contributed by atoms with Crippen LogP contribution in [-0.4, -0.2) is 25.1 Å². The van der Waals surface area contributed by atoms with Gasteiger partial charge in [0.1, 0.15) is 6.17 Å². The summed E-state index contributed by atoms with van der Waals surface area (Å²) in [6.45, 7) is 4.97. The average molecular weight is 399 g/mol. The molecule has 0 saturated heterocycles. The van der Waals surface area contributed by atoms with Gasteiger partial charge in [-0.3, -0.25) is 0 Å². The van der Waals surface area contributed by atoms with Crippen molar-refractivity contribution in [2.75, 3.05) is 6.61 Å². The summed E-state index contributed by atoms with van der Waals surface area (Å²) in [5.41, 5.74) is 0. The zero-order valence-electron chi connectivity index (χ0n) is 18.4. The molecule has 3 aliphatic rings. The van der Waals surface area contributed by atoms with Crippen molar-refractivity contribution in [2.45, 2.75) is 122 Å². The van der Waals surface area contributed by atoms with Crippen LogP contribution in [0.5, 0.6) is 0 Å². The largest absolute Gasteiger partial charge is 0.375 e. The van der Waals surface area contributed by atoms with Crippen molar-refractivity contribution in [3.8, 4) is 0 Å². The first kappa shape index (κ1) is 22.5. The second kappa shape index (κ2) is 11.3. The summed E-state index contributed by atoms with van der Waals surface area (Å²) in [7, 11) is 0. The van der Waals surface area contributed by atoms with Crippen molar-refractivity contribution in [1.29, 1.82) is 0 Å². The number of unbranched alkanes of at least 4 members (excludes halogenated alkanes) is 1. The highest BCUT2D eigenvalue weighted by Crippen LogP contribution is 2.47. The molecular formula is C25H44F2O. The van der Waals surface area contributed by atoms with Crippen LogP contribution in [0.2, 0.25) is 0 Å². The van der Waals surface area contributed by atoms with Crippen molar-refractivity contribution < 1.29 is 13.5 Å². The molecule has 4 unspecified atom stereocenters. The maximum atomic E-state index is 14.9. The first-order chi connectivity index (χ1) is 13.6. The molecule has 0 spiro atoms. The third-order valence-corrected chi connectivity index (χ3v) is 8.36. The lowest BCUT2D eigenvalue weighted by atomic mass is 9.65. The fourth-order valence-corrected chi connectivity index (χ4v) is 6.57. The first-order valence-corrected chi connectivity index (χ1v) is 12.5. The maximum absolute atomic E-state index is 14.9. The zero-order chi connectivity index (χ0) is 19.9. The second-order valence-corrected chi connectivity index (χ2v) is 10.1. The molecule has 3 aliphatic carbocycles. The van der Waals surface area contributed by atoms with E-state index in [1.165, 1.54) is 51.4 Å².